The molecule has 6 nitrogen and oxygen atoms in total. The summed E-state index contributed by atoms with van der Waals surface area (Å²) in [6.07, 6.45) is 2.54. The van der Waals surface area contributed by atoms with E-state index in [9.17, 15) is 4.79 Å². The van der Waals surface area contributed by atoms with Crippen LogP contribution in [0.5, 0.6) is 11.5 Å². The van der Waals surface area contributed by atoms with Crippen molar-refractivity contribution in [1.82, 2.24) is 10.2 Å². The highest BCUT2D eigenvalue weighted by molar-refractivity contribution is 7.99. The molecule has 1 aromatic rings. The number of thioether (sulfide) groups is 1. The molecule has 1 aromatic carbocycles. The number of amides is 1. The highest BCUT2D eigenvalue weighted by Gasteiger charge is 2.25. The Kier molecular flexibility index (Phi) is 6.91. The lowest BCUT2D eigenvalue weighted by Gasteiger charge is -2.34. The van der Waals surface area contributed by atoms with Gasteiger partial charge in [-0.15, -0.1) is 0 Å². The molecule has 0 aromatic heterocycles. The molecule has 1 atom stereocenters. The summed E-state index contributed by atoms with van der Waals surface area (Å²) in [5.41, 5.74) is 0.995. The van der Waals surface area contributed by atoms with Gasteiger partial charge in [-0.3, -0.25) is 4.79 Å². The van der Waals surface area contributed by atoms with E-state index in [-0.39, 0.29) is 5.91 Å². The monoisotopic (exact) mass is 379 g/mol. The molecule has 2 N–H and O–H groups in total. The van der Waals surface area contributed by atoms with Gasteiger partial charge in [0.1, 0.15) is 11.5 Å². The summed E-state index contributed by atoms with van der Waals surface area (Å²) in [5.74, 6) is 4.03. The molecule has 0 aliphatic carbocycles. The minimum Gasteiger partial charge on any atom is -0.497 e. The summed E-state index contributed by atoms with van der Waals surface area (Å²) < 4.78 is 10.7. The second-order valence-corrected chi connectivity index (χ2v) is 7.98. The first-order chi connectivity index (χ1) is 12.7. The third-order valence-electron chi connectivity index (χ3n) is 4.99. The van der Waals surface area contributed by atoms with Gasteiger partial charge in [0.15, 0.2) is 0 Å². The molecule has 0 radical (unpaired) electrons. The number of nitrogens with zero attached hydrogens (tertiary/aromatic N) is 1. The van der Waals surface area contributed by atoms with E-state index < -0.39 is 0 Å². The number of rotatable bonds is 6. The van der Waals surface area contributed by atoms with Crippen LogP contribution in [0.1, 0.15) is 19.3 Å². The molecule has 2 saturated heterocycles. The molecule has 3 rings (SSSR count). The molecule has 0 saturated carbocycles. The fourth-order valence-electron chi connectivity index (χ4n) is 3.49. The number of carbonyl (C=O) groups is 1. The van der Waals surface area contributed by atoms with Crippen LogP contribution in [0.2, 0.25) is 0 Å². The van der Waals surface area contributed by atoms with Gasteiger partial charge in [0.2, 0.25) is 5.91 Å². The van der Waals surface area contributed by atoms with Crippen molar-refractivity contribution >= 4 is 23.4 Å². The number of piperidine rings is 1. The van der Waals surface area contributed by atoms with Crippen LogP contribution in [0, 0.1) is 0 Å². The second kappa shape index (κ2) is 9.37. The van der Waals surface area contributed by atoms with Crippen LogP contribution in [0.3, 0.4) is 0 Å². The van der Waals surface area contributed by atoms with Gasteiger partial charge in [0.05, 0.1) is 14.2 Å². The quantitative estimate of drug-likeness (QED) is 0.790. The van der Waals surface area contributed by atoms with E-state index in [1.807, 2.05) is 34.9 Å². The van der Waals surface area contributed by atoms with Crippen LogP contribution in [0.15, 0.2) is 18.2 Å². The Morgan fingerprint density at radius 1 is 1.23 bits per heavy atom. The van der Waals surface area contributed by atoms with Crippen molar-refractivity contribution in [2.45, 2.75) is 31.3 Å². The third kappa shape index (κ3) is 5.20. The normalized spacial score (nSPS) is 21.3. The van der Waals surface area contributed by atoms with Gasteiger partial charge < -0.3 is 25.0 Å². The van der Waals surface area contributed by atoms with Gasteiger partial charge in [-0.25, -0.2) is 0 Å². The van der Waals surface area contributed by atoms with Crippen LogP contribution >= 0.6 is 11.8 Å². The lowest BCUT2D eigenvalue weighted by Crippen LogP contribution is -2.46. The van der Waals surface area contributed by atoms with Crippen molar-refractivity contribution in [3.63, 3.8) is 0 Å². The number of hydrogen-bond donors (Lipinski definition) is 2. The van der Waals surface area contributed by atoms with Crippen molar-refractivity contribution in [2.75, 3.05) is 50.7 Å². The van der Waals surface area contributed by atoms with Crippen molar-refractivity contribution in [1.29, 1.82) is 0 Å². The number of anilines is 1. The first kappa shape index (κ1) is 19.2. The van der Waals surface area contributed by atoms with Crippen molar-refractivity contribution in [3.8, 4) is 11.5 Å². The molecule has 2 heterocycles. The van der Waals surface area contributed by atoms with Crippen molar-refractivity contribution in [2.24, 2.45) is 0 Å². The zero-order valence-electron chi connectivity index (χ0n) is 15.6. The maximum absolute atomic E-state index is 12.5. The summed E-state index contributed by atoms with van der Waals surface area (Å²) in [4.78, 5) is 14.5. The summed E-state index contributed by atoms with van der Waals surface area (Å²) in [5, 5.41) is 7.01. The standard InChI is InChI=1S/C19H29N3O3S/c1-24-17-9-15(10-18(12-17)25-2)21-14-3-6-22(7-4-14)19(23)11-16-13-26-8-5-20-16/h9-10,12,14,16,20-21H,3-8,11,13H2,1-2H3. The molecule has 1 unspecified atom stereocenters. The first-order valence-corrected chi connectivity index (χ1v) is 10.4. The van der Waals surface area contributed by atoms with E-state index in [2.05, 4.69) is 10.6 Å². The smallest absolute Gasteiger partial charge is 0.224 e. The Hall–Kier alpha value is -1.60. The van der Waals surface area contributed by atoms with E-state index >= 15 is 0 Å². The summed E-state index contributed by atoms with van der Waals surface area (Å²) in [6.45, 7) is 2.65. The van der Waals surface area contributed by atoms with E-state index in [1.54, 1.807) is 14.2 Å². The molecule has 0 bridgehead atoms. The van der Waals surface area contributed by atoms with Gasteiger partial charge in [0.25, 0.3) is 0 Å². The molecular formula is C19H29N3O3S. The van der Waals surface area contributed by atoms with E-state index in [1.165, 1.54) is 0 Å². The van der Waals surface area contributed by atoms with E-state index in [4.69, 9.17) is 9.47 Å². The minimum absolute atomic E-state index is 0.284. The Balaban J connectivity index is 1.48. The fraction of sp³-hybridized carbons (Fsp3) is 0.632. The fourth-order valence-corrected chi connectivity index (χ4v) is 4.44. The highest BCUT2D eigenvalue weighted by atomic mass is 32.2. The summed E-state index contributed by atoms with van der Waals surface area (Å²) in [6, 6.07) is 6.52. The molecule has 2 aliphatic heterocycles. The first-order valence-electron chi connectivity index (χ1n) is 9.26. The lowest BCUT2D eigenvalue weighted by molar-refractivity contribution is -0.132. The second-order valence-electron chi connectivity index (χ2n) is 6.83. The van der Waals surface area contributed by atoms with Gasteiger partial charge in [-0.1, -0.05) is 0 Å². The van der Waals surface area contributed by atoms with Crippen LogP contribution in [-0.2, 0) is 4.79 Å². The third-order valence-corrected chi connectivity index (χ3v) is 6.12. The predicted molar refractivity (Wildman–Crippen MR) is 107 cm³/mol. The highest BCUT2D eigenvalue weighted by Crippen LogP contribution is 2.27. The van der Waals surface area contributed by atoms with Crippen molar-refractivity contribution in [3.05, 3.63) is 18.2 Å². The van der Waals surface area contributed by atoms with E-state index in [0.717, 1.165) is 61.2 Å². The molecule has 7 heteroatoms. The number of benzene rings is 1. The molecule has 2 aliphatic rings. The Bertz CT molecular complexity index is 577. The van der Waals surface area contributed by atoms with Crippen molar-refractivity contribution < 1.29 is 14.3 Å². The average Bonchev–Trinajstić information content (AvgIpc) is 2.69. The number of hydrogen-bond acceptors (Lipinski definition) is 6. The van der Waals surface area contributed by atoms with Gasteiger partial charge in [-0.2, -0.15) is 11.8 Å². The molecule has 0 spiro atoms. The summed E-state index contributed by atoms with van der Waals surface area (Å²) >= 11 is 1.94. The maximum Gasteiger partial charge on any atom is 0.224 e. The predicted octanol–water partition coefficient (Wildman–Crippen LogP) is 2.20. The topological polar surface area (TPSA) is 62.8 Å². The molecule has 144 valence electrons. The Labute approximate surface area is 160 Å². The number of likely N-dealkylation sites (tertiary alicyclic amines) is 1. The van der Waals surface area contributed by atoms with Gasteiger partial charge >= 0.3 is 0 Å². The van der Waals surface area contributed by atoms with Crippen LogP contribution in [0.25, 0.3) is 0 Å². The van der Waals surface area contributed by atoms with Crippen LogP contribution < -0.4 is 20.1 Å². The maximum atomic E-state index is 12.5. The Morgan fingerprint density at radius 3 is 2.50 bits per heavy atom. The van der Waals surface area contributed by atoms with Crippen LogP contribution in [-0.4, -0.2) is 68.3 Å². The van der Waals surface area contributed by atoms with Gasteiger partial charge in [0, 0.05) is 73.5 Å². The Morgan fingerprint density at radius 2 is 1.92 bits per heavy atom. The zero-order valence-corrected chi connectivity index (χ0v) is 16.4. The largest absolute Gasteiger partial charge is 0.497 e. The van der Waals surface area contributed by atoms with Gasteiger partial charge in [-0.05, 0) is 12.8 Å². The van der Waals surface area contributed by atoms with E-state index in [0.29, 0.717) is 18.5 Å². The minimum atomic E-state index is 0.284. The lowest BCUT2D eigenvalue weighted by atomic mass is 10.0. The molecular weight excluding hydrogens is 350 g/mol. The zero-order chi connectivity index (χ0) is 18.4. The molecule has 26 heavy (non-hydrogen) atoms. The average molecular weight is 380 g/mol. The molecule has 2 fully saturated rings. The number of carbonyl (C=O) groups excluding carboxylic acids is 1. The number of nitrogens with one attached hydrogen (secondary N) is 2. The summed E-state index contributed by atoms with van der Waals surface area (Å²) in [7, 11) is 3.31. The SMILES string of the molecule is COc1cc(NC2CCN(C(=O)CC3CSCCN3)CC2)cc(OC)c1. The number of ether oxygens (including phenoxy) is 2. The van der Waals surface area contributed by atoms with Crippen LogP contribution in [0.4, 0.5) is 5.69 Å². The molecule has 1 amide bonds. The number of methoxy groups -OCH3 is 2.